The summed E-state index contributed by atoms with van der Waals surface area (Å²) in [6, 6.07) is 65.6. The standard InChI is InChI=1S/C50H30N4/c1-4-14-37-32(11-1)25-28-47-48(37)42-29-34(31-21-23-33(24-22-31)41-30-35-12-2-3-13-36(35)38-15-5-6-16-39(38)41)26-27-45(42)53(47)50-52-43-18-8-7-17-40(43)49-51-44-19-9-10-20-46(44)54(49)50/h1-30H. The first kappa shape index (κ1) is 29.3. The maximum atomic E-state index is 5.39. The van der Waals surface area contributed by atoms with Gasteiger partial charge in [0.25, 0.3) is 0 Å². The zero-order valence-electron chi connectivity index (χ0n) is 29.1. The van der Waals surface area contributed by atoms with Crippen LogP contribution < -0.4 is 0 Å². The summed E-state index contributed by atoms with van der Waals surface area (Å²) in [4.78, 5) is 10.5. The molecule has 3 heterocycles. The number of para-hydroxylation sites is 3. The van der Waals surface area contributed by atoms with E-state index in [1.807, 2.05) is 0 Å². The average molecular weight is 687 g/mol. The fourth-order valence-electron chi connectivity index (χ4n) is 8.80. The van der Waals surface area contributed by atoms with Crippen molar-refractivity contribution in [1.82, 2.24) is 18.9 Å². The number of rotatable bonds is 3. The van der Waals surface area contributed by atoms with Crippen molar-refractivity contribution < 1.29 is 0 Å². The summed E-state index contributed by atoms with van der Waals surface area (Å²) in [6.45, 7) is 0. The second-order valence-corrected chi connectivity index (χ2v) is 14.2. The molecule has 12 rings (SSSR count). The van der Waals surface area contributed by atoms with E-state index in [0.717, 1.165) is 44.6 Å². The van der Waals surface area contributed by atoms with Gasteiger partial charge in [-0.1, -0.05) is 133 Å². The lowest BCUT2D eigenvalue weighted by Crippen LogP contribution is -2.06. The molecule has 12 aromatic rings. The Kier molecular flexibility index (Phi) is 6.02. The molecule has 0 saturated carbocycles. The van der Waals surface area contributed by atoms with Gasteiger partial charge in [-0.05, 0) is 103 Å². The van der Waals surface area contributed by atoms with Crippen molar-refractivity contribution in [3.05, 3.63) is 182 Å². The van der Waals surface area contributed by atoms with Crippen LogP contribution in [0.25, 0.3) is 110 Å². The third kappa shape index (κ3) is 4.13. The lowest BCUT2D eigenvalue weighted by Gasteiger charge is -2.13. The molecule has 9 aromatic carbocycles. The lowest BCUT2D eigenvalue weighted by molar-refractivity contribution is 0.980. The van der Waals surface area contributed by atoms with Gasteiger partial charge >= 0.3 is 0 Å². The van der Waals surface area contributed by atoms with Gasteiger partial charge in [0.15, 0.2) is 0 Å². The van der Waals surface area contributed by atoms with E-state index in [1.54, 1.807) is 0 Å². The molecule has 4 nitrogen and oxygen atoms in total. The van der Waals surface area contributed by atoms with Crippen LogP contribution >= 0.6 is 0 Å². The lowest BCUT2D eigenvalue weighted by atomic mass is 9.92. The molecule has 0 aliphatic rings. The van der Waals surface area contributed by atoms with Gasteiger partial charge in [-0.25, -0.2) is 9.97 Å². The predicted molar refractivity (Wildman–Crippen MR) is 226 cm³/mol. The predicted octanol–water partition coefficient (Wildman–Crippen LogP) is 12.9. The molecule has 3 aromatic heterocycles. The van der Waals surface area contributed by atoms with Gasteiger partial charge in [0.05, 0.1) is 27.6 Å². The highest BCUT2D eigenvalue weighted by molar-refractivity contribution is 6.22. The van der Waals surface area contributed by atoms with Crippen molar-refractivity contribution in [3.8, 4) is 28.2 Å². The molecule has 0 radical (unpaired) electrons. The molecule has 0 bridgehead atoms. The van der Waals surface area contributed by atoms with Gasteiger partial charge in [0.2, 0.25) is 5.95 Å². The number of benzene rings is 9. The van der Waals surface area contributed by atoms with Gasteiger partial charge in [0, 0.05) is 16.2 Å². The molecule has 0 unspecified atom stereocenters. The van der Waals surface area contributed by atoms with E-state index in [1.165, 1.54) is 65.3 Å². The van der Waals surface area contributed by atoms with E-state index in [2.05, 4.69) is 191 Å². The molecule has 0 aliphatic carbocycles. The minimum Gasteiger partial charge on any atom is -0.279 e. The smallest absolute Gasteiger partial charge is 0.221 e. The average Bonchev–Trinajstić information content (AvgIpc) is 3.80. The zero-order valence-corrected chi connectivity index (χ0v) is 29.1. The first-order valence-corrected chi connectivity index (χ1v) is 18.4. The SMILES string of the molecule is c1ccc2c(c1)cc(-c1ccc(-c3ccc4c(c3)c3c5ccccc5ccc3n4-c3nc4ccccc4c4nc5ccccc5n34)cc1)c1ccccc12. The largest absolute Gasteiger partial charge is 0.279 e. The van der Waals surface area contributed by atoms with Crippen LogP contribution in [0.4, 0.5) is 0 Å². The quantitative estimate of drug-likeness (QED) is 0.173. The zero-order chi connectivity index (χ0) is 35.3. The summed E-state index contributed by atoms with van der Waals surface area (Å²) in [5.74, 6) is 0.826. The van der Waals surface area contributed by atoms with E-state index in [4.69, 9.17) is 9.97 Å². The van der Waals surface area contributed by atoms with Crippen molar-refractivity contribution in [3.63, 3.8) is 0 Å². The van der Waals surface area contributed by atoms with Crippen molar-refractivity contribution >= 4 is 81.7 Å². The molecule has 0 fully saturated rings. The highest BCUT2D eigenvalue weighted by atomic mass is 15.2. The van der Waals surface area contributed by atoms with E-state index in [9.17, 15) is 0 Å². The van der Waals surface area contributed by atoms with E-state index >= 15 is 0 Å². The minimum absolute atomic E-state index is 0.826. The molecule has 0 aliphatic heterocycles. The first-order valence-electron chi connectivity index (χ1n) is 18.4. The highest BCUT2D eigenvalue weighted by Crippen LogP contribution is 2.41. The maximum absolute atomic E-state index is 5.39. The number of hydrogen-bond acceptors (Lipinski definition) is 2. The molecular formula is C50H30N4. The minimum atomic E-state index is 0.826. The fraction of sp³-hybridized carbons (Fsp3) is 0. The summed E-state index contributed by atoms with van der Waals surface area (Å²) in [5.41, 5.74) is 10.8. The Hall–Kier alpha value is -7.30. The van der Waals surface area contributed by atoms with Crippen LogP contribution in [0, 0.1) is 0 Å². The van der Waals surface area contributed by atoms with Gasteiger partial charge in [-0.2, -0.15) is 0 Å². The van der Waals surface area contributed by atoms with Crippen LogP contribution in [0.3, 0.4) is 0 Å². The third-order valence-corrected chi connectivity index (χ3v) is 11.3. The van der Waals surface area contributed by atoms with Crippen LogP contribution in [0.15, 0.2) is 182 Å². The van der Waals surface area contributed by atoms with Gasteiger partial charge in [0.1, 0.15) is 5.65 Å². The van der Waals surface area contributed by atoms with Crippen molar-refractivity contribution in [2.45, 2.75) is 0 Å². The summed E-state index contributed by atoms with van der Waals surface area (Å²) in [6.07, 6.45) is 0. The molecule has 0 spiro atoms. The molecule has 0 saturated heterocycles. The summed E-state index contributed by atoms with van der Waals surface area (Å²) in [5, 5.41) is 11.0. The molecule has 0 amide bonds. The Bertz CT molecular complexity index is 3500. The molecule has 4 heteroatoms. The van der Waals surface area contributed by atoms with Gasteiger partial charge in [-0.15, -0.1) is 0 Å². The fourth-order valence-corrected chi connectivity index (χ4v) is 8.80. The Labute approximate surface area is 309 Å². The molecule has 54 heavy (non-hydrogen) atoms. The Morgan fingerprint density at radius 3 is 1.83 bits per heavy atom. The van der Waals surface area contributed by atoms with Gasteiger partial charge in [-0.3, -0.25) is 8.97 Å². The van der Waals surface area contributed by atoms with Crippen LogP contribution in [0.5, 0.6) is 0 Å². The monoisotopic (exact) mass is 686 g/mol. The van der Waals surface area contributed by atoms with Crippen LogP contribution in [-0.4, -0.2) is 18.9 Å². The number of hydrogen-bond donors (Lipinski definition) is 0. The van der Waals surface area contributed by atoms with Crippen molar-refractivity contribution in [2.24, 2.45) is 0 Å². The molecular weight excluding hydrogens is 657 g/mol. The number of imidazole rings is 1. The molecule has 0 atom stereocenters. The third-order valence-electron chi connectivity index (χ3n) is 11.3. The Morgan fingerprint density at radius 2 is 0.981 bits per heavy atom. The Balaban J connectivity index is 1.10. The number of fused-ring (bicyclic) bond motifs is 13. The van der Waals surface area contributed by atoms with Gasteiger partial charge < -0.3 is 0 Å². The second kappa shape index (κ2) is 11.1. The van der Waals surface area contributed by atoms with Crippen LogP contribution in [-0.2, 0) is 0 Å². The number of aromatic nitrogens is 4. The van der Waals surface area contributed by atoms with Crippen LogP contribution in [0.1, 0.15) is 0 Å². The normalized spacial score (nSPS) is 12.1. The molecule has 250 valence electrons. The van der Waals surface area contributed by atoms with Crippen molar-refractivity contribution in [2.75, 3.05) is 0 Å². The van der Waals surface area contributed by atoms with E-state index < -0.39 is 0 Å². The highest BCUT2D eigenvalue weighted by Gasteiger charge is 2.21. The second-order valence-electron chi connectivity index (χ2n) is 14.2. The topological polar surface area (TPSA) is 35.1 Å². The number of nitrogens with zero attached hydrogens (tertiary/aromatic N) is 4. The Morgan fingerprint density at radius 1 is 0.352 bits per heavy atom. The summed E-state index contributed by atoms with van der Waals surface area (Å²) < 4.78 is 4.57. The maximum Gasteiger partial charge on any atom is 0.221 e. The summed E-state index contributed by atoms with van der Waals surface area (Å²) >= 11 is 0. The summed E-state index contributed by atoms with van der Waals surface area (Å²) in [7, 11) is 0. The van der Waals surface area contributed by atoms with E-state index in [0.29, 0.717) is 0 Å². The van der Waals surface area contributed by atoms with Crippen LogP contribution in [0.2, 0.25) is 0 Å². The molecule has 0 N–H and O–H groups in total. The van der Waals surface area contributed by atoms with E-state index in [-0.39, 0.29) is 0 Å². The van der Waals surface area contributed by atoms with Crippen molar-refractivity contribution in [1.29, 1.82) is 0 Å². The first-order chi connectivity index (χ1) is 26.8.